The van der Waals surface area contributed by atoms with Gasteiger partial charge in [-0.1, -0.05) is 0 Å². The summed E-state index contributed by atoms with van der Waals surface area (Å²) in [5.41, 5.74) is 0.440. The molecule has 2 aliphatic heterocycles. The highest BCUT2D eigenvalue weighted by molar-refractivity contribution is 5.99. The van der Waals surface area contributed by atoms with Gasteiger partial charge in [0.15, 0.2) is 0 Å². The zero-order valence-corrected chi connectivity index (χ0v) is 10.4. The van der Waals surface area contributed by atoms with Gasteiger partial charge in [0.1, 0.15) is 11.6 Å². The monoisotopic (exact) mass is 235 g/mol. The molecule has 2 rings (SSSR count). The average molecular weight is 235 g/mol. The van der Waals surface area contributed by atoms with Crippen molar-refractivity contribution in [2.75, 3.05) is 13.1 Å². The minimum absolute atomic E-state index is 0.00226. The van der Waals surface area contributed by atoms with E-state index in [9.17, 15) is 4.79 Å². The van der Waals surface area contributed by atoms with E-state index in [0.29, 0.717) is 13.1 Å². The fraction of sp³-hybridized carbons (Fsp3) is 0.583. The SMILES string of the molecule is CC(C)(C)OC(=O)N1C=CC2N=CCN=C2C1. The Morgan fingerprint density at radius 1 is 1.53 bits per heavy atom. The van der Waals surface area contributed by atoms with Crippen molar-refractivity contribution in [2.45, 2.75) is 32.4 Å². The van der Waals surface area contributed by atoms with E-state index >= 15 is 0 Å². The third-order valence-corrected chi connectivity index (χ3v) is 2.39. The van der Waals surface area contributed by atoms with Gasteiger partial charge in [-0.2, -0.15) is 0 Å². The van der Waals surface area contributed by atoms with Gasteiger partial charge >= 0.3 is 6.09 Å². The van der Waals surface area contributed by atoms with Crippen LogP contribution in [0.3, 0.4) is 0 Å². The topological polar surface area (TPSA) is 54.3 Å². The molecule has 5 heteroatoms. The van der Waals surface area contributed by atoms with Crippen molar-refractivity contribution in [2.24, 2.45) is 9.98 Å². The molecule has 1 atom stereocenters. The van der Waals surface area contributed by atoms with E-state index in [1.54, 1.807) is 12.4 Å². The molecule has 0 radical (unpaired) electrons. The number of hydrogen-bond donors (Lipinski definition) is 0. The highest BCUT2D eigenvalue weighted by Gasteiger charge is 2.27. The fourth-order valence-corrected chi connectivity index (χ4v) is 1.66. The molecule has 0 bridgehead atoms. The van der Waals surface area contributed by atoms with Crippen molar-refractivity contribution >= 4 is 18.0 Å². The number of carbonyl (C=O) groups is 1. The third-order valence-electron chi connectivity index (χ3n) is 2.39. The Labute approximate surface area is 101 Å². The summed E-state index contributed by atoms with van der Waals surface area (Å²) < 4.78 is 5.30. The molecule has 92 valence electrons. The molecule has 0 aromatic heterocycles. The van der Waals surface area contributed by atoms with E-state index in [0.717, 1.165) is 5.71 Å². The van der Waals surface area contributed by atoms with Crippen molar-refractivity contribution in [3.63, 3.8) is 0 Å². The van der Waals surface area contributed by atoms with E-state index < -0.39 is 5.60 Å². The van der Waals surface area contributed by atoms with Crippen LogP contribution in [0.1, 0.15) is 20.8 Å². The van der Waals surface area contributed by atoms with Crippen LogP contribution < -0.4 is 0 Å². The van der Waals surface area contributed by atoms with Crippen molar-refractivity contribution in [1.82, 2.24) is 4.90 Å². The van der Waals surface area contributed by atoms with Crippen molar-refractivity contribution < 1.29 is 9.53 Å². The van der Waals surface area contributed by atoms with Gasteiger partial charge in [0.05, 0.1) is 18.8 Å². The lowest BCUT2D eigenvalue weighted by Gasteiger charge is -2.29. The summed E-state index contributed by atoms with van der Waals surface area (Å²) in [7, 11) is 0. The molecule has 0 aromatic carbocycles. The summed E-state index contributed by atoms with van der Waals surface area (Å²) in [6.07, 6.45) is 5.04. The number of carbonyl (C=O) groups excluding carboxylic acids is 1. The number of aliphatic imine (C=N–C) groups is 2. The molecule has 2 heterocycles. The fourth-order valence-electron chi connectivity index (χ4n) is 1.66. The molecule has 0 spiro atoms. The van der Waals surface area contributed by atoms with E-state index in [1.165, 1.54) is 4.90 Å². The Hall–Kier alpha value is -1.65. The first-order valence-corrected chi connectivity index (χ1v) is 5.68. The van der Waals surface area contributed by atoms with Crippen LogP contribution in [0.15, 0.2) is 22.3 Å². The first-order valence-electron chi connectivity index (χ1n) is 5.68. The van der Waals surface area contributed by atoms with Gasteiger partial charge in [-0.25, -0.2) is 4.79 Å². The molecule has 17 heavy (non-hydrogen) atoms. The molecular weight excluding hydrogens is 218 g/mol. The number of hydrogen-bond acceptors (Lipinski definition) is 4. The summed E-state index contributed by atoms with van der Waals surface area (Å²) in [6.45, 7) is 6.62. The molecule has 2 aliphatic rings. The van der Waals surface area contributed by atoms with Crippen molar-refractivity contribution in [1.29, 1.82) is 0 Å². The minimum Gasteiger partial charge on any atom is -0.443 e. The largest absolute Gasteiger partial charge is 0.443 e. The molecule has 5 nitrogen and oxygen atoms in total. The zero-order chi connectivity index (χ0) is 12.5. The molecule has 1 amide bonds. The third kappa shape index (κ3) is 2.93. The van der Waals surface area contributed by atoms with Crippen LogP contribution in [0.4, 0.5) is 4.79 Å². The van der Waals surface area contributed by atoms with Crippen molar-refractivity contribution in [3.8, 4) is 0 Å². The van der Waals surface area contributed by atoms with Gasteiger partial charge in [0.25, 0.3) is 0 Å². The Bertz CT molecular complexity index is 404. The van der Waals surface area contributed by atoms with Gasteiger partial charge in [-0.15, -0.1) is 0 Å². The lowest BCUT2D eigenvalue weighted by molar-refractivity contribution is 0.0353. The summed E-state index contributed by atoms with van der Waals surface area (Å²) in [6, 6.07) is 0.00226. The molecule has 0 fully saturated rings. The first-order chi connectivity index (χ1) is 7.96. The second-order valence-electron chi connectivity index (χ2n) is 5.06. The lowest BCUT2D eigenvalue weighted by atomic mass is 10.1. The summed E-state index contributed by atoms with van der Waals surface area (Å²) in [5.74, 6) is 0. The smallest absolute Gasteiger partial charge is 0.414 e. The number of ether oxygens (including phenoxy) is 1. The van der Waals surface area contributed by atoms with Crippen LogP contribution in [0.5, 0.6) is 0 Å². The number of fused-ring (bicyclic) bond motifs is 1. The Morgan fingerprint density at radius 3 is 3.00 bits per heavy atom. The summed E-state index contributed by atoms with van der Waals surface area (Å²) in [5, 5.41) is 0. The number of nitrogens with zero attached hydrogens (tertiary/aromatic N) is 3. The second kappa shape index (κ2) is 4.31. The normalized spacial score (nSPS) is 23.1. The van der Waals surface area contributed by atoms with E-state index in [-0.39, 0.29) is 12.1 Å². The van der Waals surface area contributed by atoms with Crippen LogP contribution in [0.25, 0.3) is 0 Å². The predicted octanol–water partition coefficient (Wildman–Crippen LogP) is 1.64. The highest BCUT2D eigenvalue weighted by atomic mass is 16.6. The van der Waals surface area contributed by atoms with Crippen LogP contribution in [-0.4, -0.2) is 47.7 Å². The molecule has 0 saturated carbocycles. The first kappa shape index (κ1) is 11.8. The molecule has 0 saturated heterocycles. The highest BCUT2D eigenvalue weighted by Crippen LogP contribution is 2.15. The summed E-state index contributed by atoms with van der Waals surface area (Å²) >= 11 is 0. The second-order valence-corrected chi connectivity index (χ2v) is 5.06. The lowest BCUT2D eigenvalue weighted by Crippen LogP contribution is -2.42. The number of rotatable bonds is 0. The Balaban J connectivity index is 2.05. The van der Waals surface area contributed by atoms with E-state index in [1.807, 2.05) is 26.8 Å². The zero-order valence-electron chi connectivity index (χ0n) is 10.4. The molecular formula is C12H17N3O2. The Morgan fingerprint density at radius 2 is 2.29 bits per heavy atom. The standard InChI is InChI=1S/C12H17N3O2/c1-12(2,3)17-11(16)15-7-4-9-10(8-15)14-6-5-13-9/h4-5,7,9H,6,8H2,1-3H3. The Kier molecular flexibility index (Phi) is 3.00. The predicted molar refractivity (Wildman–Crippen MR) is 66.7 cm³/mol. The average Bonchev–Trinajstić information content (AvgIpc) is 2.26. The van der Waals surface area contributed by atoms with Crippen LogP contribution in [0, 0.1) is 0 Å². The van der Waals surface area contributed by atoms with Gasteiger partial charge in [0.2, 0.25) is 0 Å². The molecule has 0 aliphatic carbocycles. The maximum absolute atomic E-state index is 11.8. The van der Waals surface area contributed by atoms with Crippen LogP contribution in [-0.2, 0) is 4.74 Å². The van der Waals surface area contributed by atoms with Gasteiger partial charge in [-0.05, 0) is 26.8 Å². The van der Waals surface area contributed by atoms with E-state index in [4.69, 9.17) is 4.74 Å². The quantitative estimate of drug-likeness (QED) is 0.641. The van der Waals surface area contributed by atoms with Crippen molar-refractivity contribution in [3.05, 3.63) is 12.3 Å². The molecule has 1 unspecified atom stereocenters. The molecule has 0 N–H and O–H groups in total. The summed E-state index contributed by atoms with van der Waals surface area (Å²) in [4.78, 5) is 22.0. The maximum Gasteiger partial charge on any atom is 0.414 e. The maximum atomic E-state index is 11.8. The van der Waals surface area contributed by atoms with Crippen LogP contribution >= 0.6 is 0 Å². The van der Waals surface area contributed by atoms with Crippen LogP contribution in [0.2, 0.25) is 0 Å². The molecule has 0 aromatic rings. The van der Waals surface area contributed by atoms with E-state index in [2.05, 4.69) is 9.98 Å². The van der Waals surface area contributed by atoms with Gasteiger partial charge in [-0.3, -0.25) is 14.9 Å². The van der Waals surface area contributed by atoms with Gasteiger partial charge < -0.3 is 4.74 Å². The minimum atomic E-state index is -0.478. The number of amides is 1. The van der Waals surface area contributed by atoms with Gasteiger partial charge in [0, 0.05) is 12.4 Å².